The van der Waals surface area contributed by atoms with Gasteiger partial charge in [-0.1, -0.05) is 44.9 Å². The van der Waals surface area contributed by atoms with Crippen molar-refractivity contribution < 1.29 is 8.42 Å². The fourth-order valence-electron chi connectivity index (χ4n) is 2.00. The van der Waals surface area contributed by atoms with Crippen LogP contribution in [0.15, 0.2) is 35.2 Å². The van der Waals surface area contributed by atoms with E-state index in [9.17, 15) is 8.42 Å². The Morgan fingerprint density at radius 2 is 1.65 bits per heavy atom. The Labute approximate surface area is 104 Å². The highest BCUT2D eigenvalue weighted by atomic mass is 32.2. The highest BCUT2D eigenvalue weighted by molar-refractivity contribution is 7.89. The minimum atomic E-state index is -3.37. The lowest BCUT2D eigenvalue weighted by atomic mass is 9.96. The van der Waals surface area contributed by atoms with Crippen LogP contribution < -0.4 is 4.72 Å². The van der Waals surface area contributed by atoms with E-state index in [4.69, 9.17) is 0 Å². The number of sulfonamides is 1. The van der Waals surface area contributed by atoms with Crippen LogP contribution >= 0.6 is 0 Å². The molecule has 0 aromatic heterocycles. The zero-order valence-electron chi connectivity index (χ0n) is 10.7. The van der Waals surface area contributed by atoms with Crippen molar-refractivity contribution in [2.75, 3.05) is 0 Å². The molecule has 0 amide bonds. The fourth-order valence-corrected chi connectivity index (χ4v) is 3.34. The second-order valence-electron chi connectivity index (χ2n) is 4.30. The van der Waals surface area contributed by atoms with E-state index in [2.05, 4.69) is 18.6 Å². The van der Waals surface area contributed by atoms with E-state index in [1.165, 1.54) is 0 Å². The van der Waals surface area contributed by atoms with Gasteiger partial charge in [-0.05, 0) is 25.0 Å². The molecular formula is C13H21NO2S. The molecule has 0 saturated heterocycles. The first kappa shape index (κ1) is 14.2. The number of hydrogen-bond acceptors (Lipinski definition) is 2. The Bertz CT molecular complexity index is 424. The summed E-state index contributed by atoms with van der Waals surface area (Å²) >= 11 is 0. The molecule has 0 saturated carbocycles. The maximum atomic E-state index is 12.1. The second-order valence-corrected chi connectivity index (χ2v) is 6.01. The van der Waals surface area contributed by atoms with E-state index in [0.717, 1.165) is 12.8 Å². The molecule has 1 atom stereocenters. The van der Waals surface area contributed by atoms with E-state index in [0.29, 0.717) is 10.8 Å². The summed E-state index contributed by atoms with van der Waals surface area (Å²) in [6.07, 6.45) is 1.96. The van der Waals surface area contributed by atoms with Crippen LogP contribution in [0.2, 0.25) is 0 Å². The molecule has 1 N–H and O–H groups in total. The predicted molar refractivity (Wildman–Crippen MR) is 70.3 cm³/mol. The van der Waals surface area contributed by atoms with Gasteiger partial charge >= 0.3 is 0 Å². The van der Waals surface area contributed by atoms with Crippen LogP contribution in [0.4, 0.5) is 0 Å². The minimum Gasteiger partial charge on any atom is -0.208 e. The van der Waals surface area contributed by atoms with E-state index < -0.39 is 10.0 Å². The topological polar surface area (TPSA) is 46.2 Å². The van der Waals surface area contributed by atoms with E-state index in [1.54, 1.807) is 24.3 Å². The first-order chi connectivity index (χ1) is 8.01. The van der Waals surface area contributed by atoms with Gasteiger partial charge in [0.05, 0.1) is 4.90 Å². The van der Waals surface area contributed by atoms with Crippen molar-refractivity contribution in [2.24, 2.45) is 5.92 Å². The molecule has 0 spiro atoms. The highest BCUT2D eigenvalue weighted by Gasteiger charge is 2.21. The van der Waals surface area contributed by atoms with Gasteiger partial charge in [-0.25, -0.2) is 13.1 Å². The van der Waals surface area contributed by atoms with Gasteiger partial charge in [0.2, 0.25) is 10.0 Å². The molecule has 4 heteroatoms. The number of nitrogens with one attached hydrogen (secondary N) is 1. The number of hydrogen-bond donors (Lipinski definition) is 1. The normalized spacial score (nSPS) is 13.9. The molecule has 0 fully saturated rings. The zero-order valence-corrected chi connectivity index (χ0v) is 11.5. The Morgan fingerprint density at radius 3 is 2.12 bits per heavy atom. The lowest BCUT2D eigenvalue weighted by molar-refractivity contribution is 0.391. The molecule has 0 bridgehead atoms. The van der Waals surface area contributed by atoms with Gasteiger partial charge in [-0.15, -0.1) is 0 Å². The van der Waals surface area contributed by atoms with Gasteiger partial charge in [0.15, 0.2) is 0 Å². The summed E-state index contributed by atoms with van der Waals surface area (Å²) < 4.78 is 26.9. The molecule has 0 aliphatic heterocycles. The Balaban J connectivity index is 2.81. The van der Waals surface area contributed by atoms with Crippen LogP contribution in [0.1, 0.15) is 33.6 Å². The van der Waals surface area contributed by atoms with E-state index in [-0.39, 0.29) is 6.04 Å². The van der Waals surface area contributed by atoms with Crippen LogP contribution in [-0.2, 0) is 10.0 Å². The first-order valence-corrected chi connectivity index (χ1v) is 7.57. The maximum absolute atomic E-state index is 12.1. The van der Waals surface area contributed by atoms with Crippen LogP contribution in [0.25, 0.3) is 0 Å². The smallest absolute Gasteiger partial charge is 0.208 e. The lowest BCUT2D eigenvalue weighted by Gasteiger charge is -2.22. The molecule has 1 unspecified atom stereocenters. The standard InChI is InChI=1S/C13H21NO2S/c1-4-12(5-2)11(3)14-17(15,16)13-9-7-6-8-10-13/h6-12,14H,4-5H2,1-3H3. The molecule has 0 heterocycles. The average Bonchev–Trinajstić information content (AvgIpc) is 2.31. The van der Waals surface area contributed by atoms with Gasteiger partial charge < -0.3 is 0 Å². The summed E-state index contributed by atoms with van der Waals surface area (Å²) in [4.78, 5) is 0.331. The lowest BCUT2D eigenvalue weighted by Crippen LogP contribution is -2.37. The van der Waals surface area contributed by atoms with Crippen molar-refractivity contribution >= 4 is 10.0 Å². The molecule has 1 rings (SSSR count). The summed E-state index contributed by atoms with van der Waals surface area (Å²) in [5.74, 6) is 0.383. The van der Waals surface area contributed by atoms with E-state index >= 15 is 0 Å². The van der Waals surface area contributed by atoms with E-state index in [1.807, 2.05) is 13.0 Å². The van der Waals surface area contributed by atoms with Gasteiger partial charge in [0.1, 0.15) is 0 Å². The van der Waals surface area contributed by atoms with Crippen LogP contribution in [0, 0.1) is 5.92 Å². The number of benzene rings is 1. The number of rotatable bonds is 6. The van der Waals surface area contributed by atoms with Crippen molar-refractivity contribution in [3.05, 3.63) is 30.3 Å². The van der Waals surface area contributed by atoms with Crippen molar-refractivity contribution in [1.82, 2.24) is 4.72 Å². The SMILES string of the molecule is CCC(CC)C(C)NS(=O)(=O)c1ccccc1. The van der Waals surface area contributed by atoms with Gasteiger partial charge in [-0.3, -0.25) is 0 Å². The van der Waals surface area contributed by atoms with Crippen molar-refractivity contribution in [2.45, 2.75) is 44.6 Å². The zero-order chi connectivity index (χ0) is 12.9. The van der Waals surface area contributed by atoms with Gasteiger partial charge in [0.25, 0.3) is 0 Å². The summed E-state index contributed by atoms with van der Waals surface area (Å²) in [5.41, 5.74) is 0. The Kier molecular flexibility index (Phi) is 5.15. The quantitative estimate of drug-likeness (QED) is 0.849. The summed E-state index contributed by atoms with van der Waals surface area (Å²) in [6.45, 7) is 6.10. The van der Waals surface area contributed by atoms with Gasteiger partial charge in [-0.2, -0.15) is 0 Å². The molecule has 17 heavy (non-hydrogen) atoms. The monoisotopic (exact) mass is 255 g/mol. The molecule has 96 valence electrons. The van der Waals surface area contributed by atoms with Gasteiger partial charge in [0, 0.05) is 6.04 Å². The molecule has 0 aliphatic rings. The third-order valence-electron chi connectivity index (χ3n) is 3.15. The maximum Gasteiger partial charge on any atom is 0.240 e. The molecular weight excluding hydrogens is 234 g/mol. The summed E-state index contributed by atoms with van der Waals surface area (Å²) in [7, 11) is -3.37. The van der Waals surface area contributed by atoms with Crippen molar-refractivity contribution in [3.8, 4) is 0 Å². The second kappa shape index (κ2) is 6.17. The first-order valence-electron chi connectivity index (χ1n) is 6.08. The van der Waals surface area contributed by atoms with Crippen LogP contribution in [-0.4, -0.2) is 14.5 Å². The average molecular weight is 255 g/mol. The summed E-state index contributed by atoms with van der Waals surface area (Å²) in [6, 6.07) is 8.47. The Morgan fingerprint density at radius 1 is 1.12 bits per heavy atom. The molecule has 0 aliphatic carbocycles. The van der Waals surface area contributed by atoms with Crippen molar-refractivity contribution in [1.29, 1.82) is 0 Å². The Hall–Kier alpha value is -0.870. The molecule has 3 nitrogen and oxygen atoms in total. The van der Waals surface area contributed by atoms with Crippen LogP contribution in [0.5, 0.6) is 0 Å². The largest absolute Gasteiger partial charge is 0.240 e. The third kappa shape index (κ3) is 3.82. The van der Waals surface area contributed by atoms with Crippen molar-refractivity contribution in [3.63, 3.8) is 0 Å². The van der Waals surface area contributed by atoms with Crippen LogP contribution in [0.3, 0.4) is 0 Å². The predicted octanol–water partition coefficient (Wildman–Crippen LogP) is 2.79. The molecule has 1 aromatic carbocycles. The molecule has 1 aromatic rings. The molecule has 0 radical (unpaired) electrons. The fraction of sp³-hybridized carbons (Fsp3) is 0.538. The minimum absolute atomic E-state index is 0.0322. The third-order valence-corrected chi connectivity index (χ3v) is 4.73. The summed E-state index contributed by atoms with van der Waals surface area (Å²) in [5, 5.41) is 0. The highest BCUT2D eigenvalue weighted by Crippen LogP contribution is 2.16.